The van der Waals surface area contributed by atoms with Gasteiger partial charge < -0.3 is 38.7 Å². The number of esters is 2. The topological polar surface area (TPSA) is 159 Å². The molecule has 0 fully saturated rings. The fourth-order valence-electron chi connectivity index (χ4n) is 6.12. The summed E-state index contributed by atoms with van der Waals surface area (Å²) in [4.78, 5) is 47.0. The zero-order valence-corrected chi connectivity index (χ0v) is 33.9. The van der Waals surface area contributed by atoms with Crippen LogP contribution in [0.25, 0.3) is 16.5 Å². The molecule has 0 bridgehead atoms. The Kier molecular flexibility index (Phi) is 16.5. The van der Waals surface area contributed by atoms with Crippen LogP contribution in [0.15, 0.2) is 152 Å². The first-order valence-electron chi connectivity index (χ1n) is 19.5. The van der Waals surface area contributed by atoms with E-state index in [1.165, 1.54) is 0 Å². The van der Waals surface area contributed by atoms with Crippen LogP contribution in [0.1, 0.15) is 47.6 Å². The molecule has 1 atom stereocenters. The number of carbonyl (C=O) groups excluding carboxylic acids is 2. The maximum absolute atomic E-state index is 11.4. The lowest BCUT2D eigenvalue weighted by molar-refractivity contribution is -0.167. The fourth-order valence-corrected chi connectivity index (χ4v) is 6.12. The predicted molar refractivity (Wildman–Crippen MR) is 232 cm³/mol. The number of hydrogen-bond donors (Lipinski definition) is 2. The molecule has 0 aliphatic carbocycles. The Hall–Kier alpha value is -8.17. The molecule has 2 N–H and O–H groups in total. The Bertz CT molecular complexity index is 2540. The van der Waals surface area contributed by atoms with Crippen LogP contribution < -0.4 is 14.2 Å². The van der Waals surface area contributed by atoms with Crippen LogP contribution in [0.5, 0.6) is 34.5 Å². The summed E-state index contributed by atoms with van der Waals surface area (Å²) in [5.74, 6) is -0.0189. The quantitative estimate of drug-likeness (QED) is 0.0895. The monoisotopic (exact) mass is 833 g/mol. The van der Waals surface area contributed by atoms with E-state index in [4.69, 9.17) is 20.8 Å². The van der Waals surface area contributed by atoms with E-state index >= 15 is 0 Å². The van der Waals surface area contributed by atoms with Gasteiger partial charge in [-0.2, -0.15) is 0 Å². The molecule has 2 aliphatic rings. The van der Waals surface area contributed by atoms with Gasteiger partial charge in [0.15, 0.2) is 0 Å². The van der Waals surface area contributed by atoms with Gasteiger partial charge >= 0.3 is 23.9 Å². The van der Waals surface area contributed by atoms with Gasteiger partial charge in [0.25, 0.3) is 0 Å². The molecule has 12 nitrogen and oxygen atoms in total. The smallest absolute Gasteiger partial charge is 0.417 e. The first-order chi connectivity index (χ1) is 30.1. The minimum absolute atomic E-state index is 0.192. The predicted octanol–water partition coefficient (Wildman–Crippen LogP) is 10.6. The van der Waals surface area contributed by atoms with Crippen molar-refractivity contribution >= 4 is 35.5 Å². The van der Waals surface area contributed by atoms with Gasteiger partial charge in [-0.15, -0.1) is 0 Å². The average molecular weight is 834 g/mol. The highest BCUT2D eigenvalue weighted by Gasteiger charge is 2.28. The molecule has 0 saturated heterocycles. The Labute approximate surface area is 359 Å². The lowest BCUT2D eigenvalue weighted by Crippen LogP contribution is -2.19. The molecule has 0 saturated carbocycles. The van der Waals surface area contributed by atoms with E-state index in [2.05, 4.69) is 14.3 Å². The summed E-state index contributed by atoms with van der Waals surface area (Å²) in [6.07, 6.45) is 2.10. The summed E-state index contributed by atoms with van der Waals surface area (Å²) >= 11 is 0. The standard InChI is InChI=1S/C15H12O3.C15H10O3.C14H11NO.C6H10O4/c2*16-15(17)12-9-10-5-1-3-7-13(10)18-14-8-4-2-6-11(12)14;1-15-11-12-7-5-6-10-14(12)16-13-8-3-2-4-9-13;1-3-9-5(7)6(8)10-4-2/h1-8,12H,9H2,(H,16,17);1-9H,(H,16,17);2-10H,11H2;3-4H2,1-2H3. The molecule has 0 spiro atoms. The Morgan fingerprint density at radius 1 is 0.645 bits per heavy atom. The van der Waals surface area contributed by atoms with Gasteiger partial charge in [-0.25, -0.2) is 21.0 Å². The van der Waals surface area contributed by atoms with E-state index in [1.807, 2.05) is 133 Å². The highest BCUT2D eigenvalue weighted by molar-refractivity contribution is 6.29. The van der Waals surface area contributed by atoms with Crippen molar-refractivity contribution in [2.45, 2.75) is 32.7 Å². The molecule has 6 aromatic carbocycles. The van der Waals surface area contributed by atoms with Crippen LogP contribution in [0, 0.1) is 6.57 Å². The molecular weight excluding hydrogens is 791 g/mol. The Balaban J connectivity index is 0.000000160. The number of carbonyl (C=O) groups is 4. The largest absolute Gasteiger partial charge is 0.481 e. The first kappa shape index (κ1) is 44.9. The lowest BCUT2D eigenvalue weighted by atomic mass is 9.92. The SMILES string of the molecule is CCOC(=O)C(=O)OCC.O=C(O)C1=Cc2ccccc2Oc2ccccc21.O=C(O)C1Cc2ccccc2Oc2ccccc21.[C-]#[N+]Cc1ccccc1Oc1ccccc1. The Morgan fingerprint density at radius 3 is 1.85 bits per heavy atom. The van der Waals surface area contributed by atoms with Crippen molar-refractivity contribution < 1.29 is 53.1 Å². The van der Waals surface area contributed by atoms with Gasteiger partial charge in [-0.05, 0) is 80.4 Å². The van der Waals surface area contributed by atoms with Crippen LogP contribution in [-0.4, -0.2) is 47.3 Å². The normalized spacial score (nSPS) is 12.4. The lowest BCUT2D eigenvalue weighted by Gasteiger charge is -2.11. The van der Waals surface area contributed by atoms with E-state index in [0.717, 1.165) is 39.5 Å². The van der Waals surface area contributed by atoms with Crippen molar-refractivity contribution in [3.8, 4) is 34.5 Å². The molecule has 2 heterocycles. The summed E-state index contributed by atoms with van der Waals surface area (Å²) < 4.78 is 26.0. The van der Waals surface area contributed by atoms with Gasteiger partial charge in [-0.3, -0.25) is 4.79 Å². The number of carboxylic acid groups (broad SMARTS) is 2. The van der Waals surface area contributed by atoms with Gasteiger partial charge in [0.1, 0.15) is 34.5 Å². The zero-order chi connectivity index (χ0) is 44.3. The molecular formula is C50H43NO11. The molecule has 6 aromatic rings. The van der Waals surface area contributed by atoms with Gasteiger partial charge in [0.05, 0.1) is 30.3 Å². The first-order valence-corrected chi connectivity index (χ1v) is 19.5. The van der Waals surface area contributed by atoms with Crippen molar-refractivity contribution in [2.24, 2.45) is 0 Å². The Morgan fingerprint density at radius 2 is 1.19 bits per heavy atom. The number of hydrogen-bond acceptors (Lipinski definition) is 9. The third kappa shape index (κ3) is 12.4. The van der Waals surface area contributed by atoms with Crippen LogP contribution >= 0.6 is 0 Å². The molecule has 12 heteroatoms. The highest BCUT2D eigenvalue weighted by atomic mass is 16.6. The van der Waals surface area contributed by atoms with Gasteiger partial charge in [0, 0.05) is 16.7 Å². The molecule has 2 aliphatic heterocycles. The molecule has 0 radical (unpaired) electrons. The minimum atomic E-state index is -0.956. The van der Waals surface area contributed by atoms with Crippen molar-refractivity contribution in [2.75, 3.05) is 13.2 Å². The maximum Gasteiger partial charge on any atom is 0.417 e. The van der Waals surface area contributed by atoms with Crippen molar-refractivity contribution in [3.63, 3.8) is 0 Å². The van der Waals surface area contributed by atoms with Crippen molar-refractivity contribution in [1.29, 1.82) is 0 Å². The molecule has 0 aromatic heterocycles. The van der Waals surface area contributed by atoms with E-state index in [0.29, 0.717) is 35.8 Å². The third-order valence-corrected chi connectivity index (χ3v) is 8.97. The number of rotatable bonds is 7. The van der Waals surface area contributed by atoms with Crippen molar-refractivity contribution in [3.05, 3.63) is 191 Å². The van der Waals surface area contributed by atoms with Gasteiger partial charge in [-0.1, -0.05) is 103 Å². The fraction of sp³-hybridized carbons (Fsp3) is 0.140. The minimum Gasteiger partial charge on any atom is -0.481 e. The number of aliphatic carboxylic acids is 2. The van der Waals surface area contributed by atoms with Crippen LogP contribution in [0.3, 0.4) is 0 Å². The summed E-state index contributed by atoms with van der Waals surface area (Å²) in [6.45, 7) is 10.9. The van der Waals surface area contributed by atoms with Crippen LogP contribution in [0.2, 0.25) is 0 Å². The van der Waals surface area contributed by atoms with E-state index in [-0.39, 0.29) is 18.8 Å². The highest BCUT2D eigenvalue weighted by Crippen LogP contribution is 2.40. The van der Waals surface area contributed by atoms with E-state index in [1.54, 1.807) is 38.1 Å². The second-order valence-corrected chi connectivity index (χ2v) is 13.1. The average Bonchev–Trinajstić information content (AvgIpc) is 3.57. The molecule has 314 valence electrons. The summed E-state index contributed by atoms with van der Waals surface area (Å²) in [6, 6.07) is 46.6. The second kappa shape index (κ2) is 22.8. The van der Waals surface area contributed by atoms with E-state index < -0.39 is 29.8 Å². The number of ether oxygens (including phenoxy) is 5. The van der Waals surface area contributed by atoms with Crippen LogP contribution in [0.4, 0.5) is 0 Å². The zero-order valence-electron chi connectivity index (χ0n) is 33.9. The summed E-state index contributed by atoms with van der Waals surface area (Å²) in [7, 11) is 0. The molecule has 0 amide bonds. The number of carboxylic acids is 2. The maximum atomic E-state index is 11.4. The summed E-state index contributed by atoms with van der Waals surface area (Å²) in [5, 5.41) is 18.7. The second-order valence-electron chi connectivity index (χ2n) is 13.1. The number of fused-ring (bicyclic) bond motifs is 4. The number of para-hydroxylation sites is 6. The van der Waals surface area contributed by atoms with Crippen LogP contribution in [-0.2, 0) is 41.6 Å². The number of benzene rings is 6. The molecule has 62 heavy (non-hydrogen) atoms. The van der Waals surface area contributed by atoms with E-state index in [9.17, 15) is 29.4 Å². The number of nitrogens with zero attached hydrogens (tertiary/aromatic N) is 1. The molecule has 1 unspecified atom stereocenters. The summed E-state index contributed by atoms with van der Waals surface area (Å²) in [5.41, 5.74) is 4.20. The van der Waals surface area contributed by atoms with Crippen molar-refractivity contribution in [1.82, 2.24) is 0 Å². The van der Waals surface area contributed by atoms with Gasteiger partial charge in [0.2, 0.25) is 6.54 Å². The molecule has 8 rings (SSSR count). The third-order valence-electron chi connectivity index (χ3n) is 8.97.